The number of carbonyl (C=O) groups is 2. The summed E-state index contributed by atoms with van der Waals surface area (Å²) in [6.45, 7) is 2.74. The van der Waals surface area contributed by atoms with Crippen molar-refractivity contribution in [2.45, 2.75) is 18.7 Å². The van der Waals surface area contributed by atoms with Gasteiger partial charge < -0.3 is 20.2 Å². The van der Waals surface area contributed by atoms with Crippen LogP contribution in [-0.2, 0) is 6.54 Å². The van der Waals surface area contributed by atoms with Gasteiger partial charge >= 0.3 is 12.0 Å². The lowest BCUT2D eigenvalue weighted by molar-refractivity contribution is 0.0660. The molecule has 0 aliphatic heterocycles. The van der Waals surface area contributed by atoms with Crippen molar-refractivity contribution in [3.63, 3.8) is 0 Å². The maximum Gasteiger partial charge on any atom is 0.371 e. The van der Waals surface area contributed by atoms with Crippen LogP contribution in [0.5, 0.6) is 0 Å². The number of carboxylic acid groups (broad SMARTS) is 1. The van der Waals surface area contributed by atoms with E-state index in [1.165, 1.54) is 12.1 Å². The fraction of sp³-hybridized carbons (Fsp3) is 0.455. The van der Waals surface area contributed by atoms with E-state index < -0.39 is 5.97 Å². The number of furan rings is 1. The third kappa shape index (κ3) is 4.70. The van der Waals surface area contributed by atoms with Gasteiger partial charge in [0.05, 0.1) is 6.54 Å². The number of hydrogen-bond acceptors (Lipinski definition) is 4. The SMILES string of the molecule is CSC(C)CNC(=O)NCc1ccc(C(=O)O)o1. The molecule has 1 unspecified atom stereocenters. The quantitative estimate of drug-likeness (QED) is 0.730. The Morgan fingerprint density at radius 2 is 2.17 bits per heavy atom. The van der Waals surface area contributed by atoms with E-state index in [1.807, 2.05) is 13.2 Å². The van der Waals surface area contributed by atoms with Gasteiger partial charge in [0.2, 0.25) is 5.76 Å². The van der Waals surface area contributed by atoms with Crippen molar-refractivity contribution in [1.82, 2.24) is 10.6 Å². The van der Waals surface area contributed by atoms with E-state index in [4.69, 9.17) is 9.52 Å². The van der Waals surface area contributed by atoms with Crippen molar-refractivity contribution in [1.29, 1.82) is 0 Å². The molecule has 0 saturated heterocycles. The molecule has 7 heteroatoms. The minimum Gasteiger partial charge on any atom is -0.475 e. The highest BCUT2D eigenvalue weighted by atomic mass is 32.2. The molecule has 1 heterocycles. The summed E-state index contributed by atoms with van der Waals surface area (Å²) in [5.41, 5.74) is 0. The van der Waals surface area contributed by atoms with Gasteiger partial charge in [0, 0.05) is 11.8 Å². The number of thioether (sulfide) groups is 1. The Labute approximate surface area is 109 Å². The molecule has 0 fully saturated rings. The molecular weight excluding hydrogens is 256 g/mol. The monoisotopic (exact) mass is 272 g/mol. The van der Waals surface area contributed by atoms with Gasteiger partial charge in [-0.05, 0) is 18.4 Å². The Hall–Kier alpha value is -1.63. The van der Waals surface area contributed by atoms with Crippen LogP contribution in [0.15, 0.2) is 16.5 Å². The third-order valence-electron chi connectivity index (χ3n) is 2.25. The van der Waals surface area contributed by atoms with Crippen LogP contribution in [0.2, 0.25) is 0 Å². The number of rotatable bonds is 6. The van der Waals surface area contributed by atoms with Gasteiger partial charge in [-0.2, -0.15) is 11.8 Å². The molecule has 1 atom stereocenters. The zero-order chi connectivity index (χ0) is 13.5. The fourth-order valence-electron chi connectivity index (χ4n) is 1.14. The molecule has 0 spiro atoms. The molecule has 0 radical (unpaired) electrons. The predicted octanol–water partition coefficient (Wildman–Crippen LogP) is 1.53. The number of hydrogen-bond donors (Lipinski definition) is 3. The third-order valence-corrected chi connectivity index (χ3v) is 3.22. The lowest BCUT2D eigenvalue weighted by Gasteiger charge is -2.10. The van der Waals surface area contributed by atoms with Crippen molar-refractivity contribution >= 4 is 23.8 Å². The van der Waals surface area contributed by atoms with E-state index in [0.29, 0.717) is 17.6 Å². The summed E-state index contributed by atoms with van der Waals surface area (Å²) in [5.74, 6) is -0.858. The first-order valence-corrected chi connectivity index (χ1v) is 6.68. The Kier molecular flexibility index (Phi) is 5.57. The second-order valence-electron chi connectivity index (χ2n) is 3.68. The molecule has 3 N–H and O–H groups in total. The van der Waals surface area contributed by atoms with Gasteiger partial charge in [-0.25, -0.2) is 9.59 Å². The van der Waals surface area contributed by atoms with E-state index in [9.17, 15) is 9.59 Å². The first kappa shape index (κ1) is 14.4. The van der Waals surface area contributed by atoms with Crippen molar-refractivity contribution in [2.24, 2.45) is 0 Å². The minimum atomic E-state index is -1.13. The summed E-state index contributed by atoms with van der Waals surface area (Å²) in [6.07, 6.45) is 1.97. The topological polar surface area (TPSA) is 91.6 Å². The number of aromatic carboxylic acids is 1. The van der Waals surface area contributed by atoms with Crippen LogP contribution in [0.4, 0.5) is 4.79 Å². The molecule has 100 valence electrons. The molecule has 1 aromatic rings. The molecule has 6 nitrogen and oxygen atoms in total. The van der Waals surface area contributed by atoms with Crippen molar-refractivity contribution in [3.05, 3.63) is 23.7 Å². The van der Waals surface area contributed by atoms with E-state index in [1.54, 1.807) is 11.8 Å². The van der Waals surface area contributed by atoms with E-state index in [0.717, 1.165) is 0 Å². The first-order valence-electron chi connectivity index (χ1n) is 5.39. The Balaban J connectivity index is 2.31. The van der Waals surface area contributed by atoms with Crippen LogP contribution >= 0.6 is 11.8 Å². The average molecular weight is 272 g/mol. The highest BCUT2D eigenvalue weighted by molar-refractivity contribution is 7.99. The second kappa shape index (κ2) is 6.95. The molecule has 18 heavy (non-hydrogen) atoms. The summed E-state index contributed by atoms with van der Waals surface area (Å²) >= 11 is 1.66. The lowest BCUT2D eigenvalue weighted by atomic mass is 10.4. The molecule has 1 aromatic heterocycles. The van der Waals surface area contributed by atoms with Crippen molar-refractivity contribution < 1.29 is 19.1 Å². The molecule has 2 amide bonds. The molecule has 1 rings (SSSR count). The first-order chi connectivity index (χ1) is 8.52. The maximum atomic E-state index is 11.4. The maximum absolute atomic E-state index is 11.4. The summed E-state index contributed by atoms with van der Waals surface area (Å²) in [6, 6.07) is 2.57. The number of amides is 2. The van der Waals surface area contributed by atoms with Crippen LogP contribution in [0, 0.1) is 0 Å². The molecule has 0 aliphatic rings. The fourth-order valence-corrected chi connectivity index (χ4v) is 1.39. The number of carboxylic acids is 1. The molecule has 0 saturated carbocycles. The summed E-state index contributed by atoms with van der Waals surface area (Å²) in [7, 11) is 0. The smallest absolute Gasteiger partial charge is 0.371 e. The van der Waals surface area contributed by atoms with Crippen LogP contribution in [0.3, 0.4) is 0 Å². The van der Waals surface area contributed by atoms with Crippen LogP contribution < -0.4 is 10.6 Å². The minimum absolute atomic E-state index is 0.136. The second-order valence-corrected chi connectivity index (χ2v) is 4.96. The van der Waals surface area contributed by atoms with Crippen molar-refractivity contribution in [2.75, 3.05) is 12.8 Å². The average Bonchev–Trinajstić information content (AvgIpc) is 2.82. The van der Waals surface area contributed by atoms with Crippen molar-refractivity contribution in [3.8, 4) is 0 Å². The summed E-state index contributed by atoms with van der Waals surface area (Å²) in [5, 5.41) is 14.3. The highest BCUT2D eigenvalue weighted by Crippen LogP contribution is 2.07. The normalized spacial score (nSPS) is 11.9. The largest absolute Gasteiger partial charge is 0.475 e. The van der Waals surface area contributed by atoms with Crippen LogP contribution in [0.1, 0.15) is 23.2 Å². The zero-order valence-electron chi connectivity index (χ0n) is 10.2. The Bertz CT molecular complexity index is 419. The number of urea groups is 1. The predicted molar refractivity (Wildman–Crippen MR) is 68.9 cm³/mol. The number of nitrogens with one attached hydrogen (secondary N) is 2. The van der Waals surface area contributed by atoms with Crippen LogP contribution in [-0.4, -0.2) is 35.2 Å². The standard InChI is InChI=1S/C11H16N2O4S/c1-7(18-2)5-12-11(16)13-6-8-3-4-9(17-8)10(14)15/h3-4,7H,5-6H2,1-2H3,(H,14,15)(H2,12,13,16). The molecule has 0 aromatic carbocycles. The molecular formula is C11H16N2O4S. The van der Waals surface area contributed by atoms with Gasteiger partial charge in [0.1, 0.15) is 5.76 Å². The zero-order valence-corrected chi connectivity index (χ0v) is 11.0. The van der Waals surface area contributed by atoms with Gasteiger partial charge in [-0.1, -0.05) is 6.92 Å². The molecule has 0 bridgehead atoms. The van der Waals surface area contributed by atoms with E-state index in [2.05, 4.69) is 10.6 Å². The van der Waals surface area contributed by atoms with Gasteiger partial charge in [-0.15, -0.1) is 0 Å². The molecule has 0 aliphatic carbocycles. The van der Waals surface area contributed by atoms with Gasteiger partial charge in [0.15, 0.2) is 0 Å². The van der Waals surface area contributed by atoms with Gasteiger partial charge in [0.25, 0.3) is 0 Å². The summed E-state index contributed by atoms with van der Waals surface area (Å²) < 4.78 is 5.00. The lowest BCUT2D eigenvalue weighted by Crippen LogP contribution is -2.37. The highest BCUT2D eigenvalue weighted by Gasteiger charge is 2.09. The van der Waals surface area contributed by atoms with Gasteiger partial charge in [-0.3, -0.25) is 0 Å². The number of carbonyl (C=O) groups excluding carboxylic acids is 1. The Morgan fingerprint density at radius 1 is 1.44 bits per heavy atom. The van der Waals surface area contributed by atoms with Crippen LogP contribution in [0.25, 0.3) is 0 Å². The Morgan fingerprint density at radius 3 is 2.72 bits per heavy atom. The van der Waals surface area contributed by atoms with E-state index >= 15 is 0 Å². The summed E-state index contributed by atoms with van der Waals surface area (Å²) in [4.78, 5) is 22.0. The van der Waals surface area contributed by atoms with E-state index in [-0.39, 0.29) is 18.3 Å².